The van der Waals surface area contributed by atoms with Crippen LogP contribution in [-0.2, 0) is 4.79 Å². The molecule has 7 heteroatoms. The van der Waals surface area contributed by atoms with Gasteiger partial charge in [0.15, 0.2) is 5.11 Å². The van der Waals surface area contributed by atoms with Crippen LogP contribution in [-0.4, -0.2) is 49.6 Å². The standard InChI is InChI=1S/C15H23BrN4OS/c1-11-9-12(16)5-6-13(11)19-14(21)10-18-15(22)17-7-4-8-20(2)3/h5-6,9H,4,7-8,10H2,1-3H3,(H,19,21)(H2,17,18,22). The number of benzene rings is 1. The Bertz CT molecular complexity index is 522. The van der Waals surface area contributed by atoms with E-state index in [2.05, 4.69) is 36.8 Å². The van der Waals surface area contributed by atoms with Crippen LogP contribution in [0.5, 0.6) is 0 Å². The van der Waals surface area contributed by atoms with Crippen molar-refractivity contribution >= 4 is 44.9 Å². The number of carbonyl (C=O) groups is 1. The molecule has 0 fully saturated rings. The number of amides is 1. The monoisotopic (exact) mass is 386 g/mol. The molecule has 0 radical (unpaired) electrons. The molecule has 122 valence electrons. The molecule has 0 aliphatic heterocycles. The van der Waals surface area contributed by atoms with E-state index in [4.69, 9.17) is 12.2 Å². The van der Waals surface area contributed by atoms with E-state index in [1.165, 1.54) is 0 Å². The van der Waals surface area contributed by atoms with E-state index in [1.54, 1.807) is 0 Å². The molecule has 0 saturated carbocycles. The van der Waals surface area contributed by atoms with E-state index in [9.17, 15) is 4.79 Å². The number of anilines is 1. The summed E-state index contributed by atoms with van der Waals surface area (Å²) in [5.41, 5.74) is 1.81. The van der Waals surface area contributed by atoms with Crippen LogP contribution >= 0.6 is 28.1 Å². The van der Waals surface area contributed by atoms with Gasteiger partial charge < -0.3 is 20.9 Å². The molecule has 0 spiro atoms. The quantitative estimate of drug-likeness (QED) is 0.494. The highest BCUT2D eigenvalue weighted by Crippen LogP contribution is 2.19. The Morgan fingerprint density at radius 2 is 2.05 bits per heavy atom. The van der Waals surface area contributed by atoms with Gasteiger partial charge in [0.1, 0.15) is 0 Å². The highest BCUT2D eigenvalue weighted by atomic mass is 79.9. The lowest BCUT2D eigenvalue weighted by molar-refractivity contribution is -0.115. The number of thiocarbonyl (C=S) groups is 1. The van der Waals surface area contributed by atoms with E-state index in [0.29, 0.717) is 5.11 Å². The summed E-state index contributed by atoms with van der Waals surface area (Å²) in [4.78, 5) is 14.0. The minimum atomic E-state index is -0.122. The lowest BCUT2D eigenvalue weighted by atomic mass is 10.2. The summed E-state index contributed by atoms with van der Waals surface area (Å²) in [5.74, 6) is -0.122. The number of halogens is 1. The molecule has 1 aromatic rings. The van der Waals surface area contributed by atoms with E-state index < -0.39 is 0 Å². The third-order valence-electron chi connectivity index (χ3n) is 2.94. The molecule has 0 aliphatic rings. The van der Waals surface area contributed by atoms with Crippen molar-refractivity contribution in [1.29, 1.82) is 0 Å². The SMILES string of the molecule is Cc1cc(Br)ccc1NC(=O)CNC(=S)NCCCN(C)C. The zero-order chi connectivity index (χ0) is 16.5. The second kappa shape index (κ2) is 9.76. The maximum Gasteiger partial charge on any atom is 0.243 e. The number of carbonyl (C=O) groups excluding carboxylic acids is 1. The topological polar surface area (TPSA) is 56.4 Å². The van der Waals surface area contributed by atoms with Gasteiger partial charge in [0, 0.05) is 16.7 Å². The van der Waals surface area contributed by atoms with Crippen LogP contribution < -0.4 is 16.0 Å². The van der Waals surface area contributed by atoms with Crippen LogP contribution in [0.25, 0.3) is 0 Å². The largest absolute Gasteiger partial charge is 0.363 e. The Balaban J connectivity index is 2.26. The Kier molecular flexibility index (Phi) is 8.37. The van der Waals surface area contributed by atoms with Crippen LogP contribution in [0, 0.1) is 6.92 Å². The minimum Gasteiger partial charge on any atom is -0.363 e. The fraction of sp³-hybridized carbons (Fsp3) is 0.467. The molecule has 1 aromatic carbocycles. The van der Waals surface area contributed by atoms with Crippen LogP contribution in [0.4, 0.5) is 5.69 Å². The normalized spacial score (nSPS) is 10.4. The lowest BCUT2D eigenvalue weighted by Gasteiger charge is -2.13. The van der Waals surface area contributed by atoms with Crippen molar-refractivity contribution in [3.63, 3.8) is 0 Å². The average molecular weight is 387 g/mol. The Hall–Kier alpha value is -1.18. The second-order valence-electron chi connectivity index (χ2n) is 5.27. The number of rotatable bonds is 7. The van der Waals surface area contributed by atoms with Crippen LogP contribution in [0.1, 0.15) is 12.0 Å². The molecule has 0 bridgehead atoms. The summed E-state index contributed by atoms with van der Waals surface area (Å²) >= 11 is 8.53. The number of nitrogens with one attached hydrogen (secondary N) is 3. The number of hydrogen-bond donors (Lipinski definition) is 3. The van der Waals surface area contributed by atoms with Crippen molar-refractivity contribution in [3.8, 4) is 0 Å². The summed E-state index contributed by atoms with van der Waals surface area (Å²) in [5, 5.41) is 9.35. The molecule has 1 amide bonds. The lowest BCUT2D eigenvalue weighted by Crippen LogP contribution is -2.40. The van der Waals surface area contributed by atoms with Gasteiger partial charge in [-0.3, -0.25) is 4.79 Å². The van der Waals surface area contributed by atoms with E-state index >= 15 is 0 Å². The smallest absolute Gasteiger partial charge is 0.243 e. The first-order chi connectivity index (χ1) is 10.4. The van der Waals surface area contributed by atoms with Gasteiger partial charge in [-0.1, -0.05) is 15.9 Å². The molecular weight excluding hydrogens is 364 g/mol. The van der Waals surface area contributed by atoms with Crippen molar-refractivity contribution in [2.45, 2.75) is 13.3 Å². The van der Waals surface area contributed by atoms with Gasteiger partial charge in [-0.05, 0) is 70.0 Å². The van der Waals surface area contributed by atoms with Crippen molar-refractivity contribution in [1.82, 2.24) is 15.5 Å². The summed E-state index contributed by atoms with van der Waals surface area (Å²) in [6.07, 6.45) is 0.999. The molecule has 0 aromatic heterocycles. The Labute approximate surface area is 146 Å². The van der Waals surface area contributed by atoms with E-state index in [-0.39, 0.29) is 12.5 Å². The summed E-state index contributed by atoms with van der Waals surface area (Å²) in [6, 6.07) is 5.72. The molecule has 0 saturated heterocycles. The second-order valence-corrected chi connectivity index (χ2v) is 6.60. The molecule has 0 aliphatic carbocycles. The summed E-state index contributed by atoms with van der Waals surface area (Å²) in [6.45, 7) is 3.89. The Morgan fingerprint density at radius 1 is 1.32 bits per heavy atom. The first kappa shape index (κ1) is 18.9. The van der Waals surface area contributed by atoms with Gasteiger partial charge in [-0.25, -0.2) is 0 Å². The average Bonchev–Trinajstić information content (AvgIpc) is 2.44. The highest BCUT2D eigenvalue weighted by molar-refractivity contribution is 9.10. The fourth-order valence-electron chi connectivity index (χ4n) is 1.78. The number of hydrogen-bond acceptors (Lipinski definition) is 3. The van der Waals surface area contributed by atoms with Gasteiger partial charge in [-0.2, -0.15) is 0 Å². The zero-order valence-corrected chi connectivity index (χ0v) is 15.6. The predicted molar refractivity (Wildman–Crippen MR) is 99.3 cm³/mol. The molecule has 0 heterocycles. The van der Waals surface area contributed by atoms with Gasteiger partial charge in [0.2, 0.25) is 5.91 Å². The van der Waals surface area contributed by atoms with Crippen molar-refractivity contribution in [3.05, 3.63) is 28.2 Å². The first-order valence-electron chi connectivity index (χ1n) is 7.11. The van der Waals surface area contributed by atoms with Gasteiger partial charge in [0.25, 0.3) is 0 Å². The number of aryl methyl sites for hydroxylation is 1. The molecule has 5 nitrogen and oxygen atoms in total. The van der Waals surface area contributed by atoms with Crippen molar-refractivity contribution in [2.24, 2.45) is 0 Å². The predicted octanol–water partition coefficient (Wildman–Crippen LogP) is 2.11. The summed E-state index contributed by atoms with van der Waals surface area (Å²) in [7, 11) is 4.07. The first-order valence-corrected chi connectivity index (χ1v) is 8.31. The zero-order valence-electron chi connectivity index (χ0n) is 13.2. The third kappa shape index (κ3) is 7.72. The molecule has 3 N–H and O–H groups in total. The van der Waals surface area contributed by atoms with Gasteiger partial charge in [-0.15, -0.1) is 0 Å². The molecule has 22 heavy (non-hydrogen) atoms. The van der Waals surface area contributed by atoms with Crippen molar-refractivity contribution in [2.75, 3.05) is 39.0 Å². The minimum absolute atomic E-state index is 0.122. The van der Waals surface area contributed by atoms with Crippen LogP contribution in [0.3, 0.4) is 0 Å². The molecular formula is C15H23BrN4OS. The maximum atomic E-state index is 11.9. The molecule has 0 unspecified atom stereocenters. The maximum absolute atomic E-state index is 11.9. The van der Waals surface area contributed by atoms with Crippen LogP contribution in [0.2, 0.25) is 0 Å². The van der Waals surface area contributed by atoms with E-state index in [0.717, 1.165) is 35.2 Å². The summed E-state index contributed by atoms with van der Waals surface area (Å²) < 4.78 is 0.990. The molecule has 0 atom stereocenters. The van der Waals surface area contributed by atoms with Crippen molar-refractivity contribution < 1.29 is 4.79 Å². The van der Waals surface area contributed by atoms with Gasteiger partial charge >= 0.3 is 0 Å². The number of nitrogens with zero attached hydrogens (tertiary/aromatic N) is 1. The van der Waals surface area contributed by atoms with Gasteiger partial charge in [0.05, 0.1) is 6.54 Å². The fourth-order valence-corrected chi connectivity index (χ4v) is 2.43. The highest BCUT2D eigenvalue weighted by Gasteiger charge is 2.05. The molecule has 1 rings (SSSR count). The van der Waals surface area contributed by atoms with E-state index in [1.807, 2.05) is 39.2 Å². The Morgan fingerprint density at radius 3 is 2.68 bits per heavy atom. The third-order valence-corrected chi connectivity index (χ3v) is 3.72. The van der Waals surface area contributed by atoms with Crippen LogP contribution in [0.15, 0.2) is 22.7 Å².